The van der Waals surface area contributed by atoms with Crippen LogP contribution in [0.1, 0.15) is 19.8 Å². The number of rotatable bonds is 0. The summed E-state index contributed by atoms with van der Waals surface area (Å²) in [5.41, 5.74) is 0. The van der Waals surface area contributed by atoms with Crippen molar-refractivity contribution in [3.05, 3.63) is 0 Å². The van der Waals surface area contributed by atoms with Gasteiger partial charge in [-0.15, -0.1) is 0 Å². The molecule has 1 heterocycles. The number of halogens is 1. The molecule has 0 nitrogen and oxygen atoms in total. The van der Waals surface area contributed by atoms with E-state index in [1.54, 1.807) is 0 Å². The van der Waals surface area contributed by atoms with Gasteiger partial charge in [-0.1, -0.05) is 0 Å². The number of hydrogen-bond donors (Lipinski definition) is 0. The van der Waals surface area contributed by atoms with Crippen LogP contribution in [0.5, 0.6) is 0 Å². The molecule has 0 spiro atoms. The van der Waals surface area contributed by atoms with Gasteiger partial charge in [0.1, 0.15) is 0 Å². The van der Waals surface area contributed by atoms with Crippen molar-refractivity contribution < 1.29 is 0 Å². The first-order valence-electron chi connectivity index (χ1n) is 3.52. The van der Waals surface area contributed by atoms with Gasteiger partial charge in [0.15, 0.2) is 0 Å². The molecule has 1 aliphatic rings. The van der Waals surface area contributed by atoms with Gasteiger partial charge in [-0.2, -0.15) is 0 Å². The van der Waals surface area contributed by atoms with Gasteiger partial charge in [0.05, 0.1) is 0 Å². The zero-order chi connectivity index (χ0) is 6.69. The Morgan fingerprint density at radius 3 is 3.11 bits per heavy atom. The molecule has 0 radical (unpaired) electrons. The molecule has 0 amide bonds. The summed E-state index contributed by atoms with van der Waals surface area (Å²) in [6.45, 7) is 2.28. The van der Waals surface area contributed by atoms with E-state index in [0.29, 0.717) is 5.38 Å². The van der Waals surface area contributed by atoms with E-state index >= 15 is 0 Å². The number of hydrogen-bond acceptors (Lipinski definition) is 0. The molecule has 0 N–H and O–H groups in total. The summed E-state index contributed by atoms with van der Waals surface area (Å²) in [4.78, 5) is 0. The first kappa shape index (κ1) is 7.91. The minimum atomic E-state index is 0.481. The fourth-order valence-electron chi connectivity index (χ4n) is 1.04. The summed E-state index contributed by atoms with van der Waals surface area (Å²) in [5.74, 6) is 0.786. The Bertz CT molecular complexity index is 75.0. The third kappa shape index (κ3) is 2.49. The van der Waals surface area contributed by atoms with E-state index in [1.807, 2.05) is 0 Å². The molecule has 2 atom stereocenters. The molecular formula is C7H13ClSe. The Labute approximate surface area is 68.5 Å². The fraction of sp³-hybridized carbons (Fsp3) is 1.00. The second-order valence-electron chi connectivity index (χ2n) is 2.71. The summed E-state index contributed by atoms with van der Waals surface area (Å²) in [5, 5.41) is 3.34. The molecule has 0 aliphatic carbocycles. The van der Waals surface area contributed by atoms with Gasteiger partial charge in [-0.3, -0.25) is 0 Å². The van der Waals surface area contributed by atoms with Crippen LogP contribution in [0.2, 0.25) is 10.6 Å². The summed E-state index contributed by atoms with van der Waals surface area (Å²) >= 11 is 6.99. The Morgan fingerprint density at radius 2 is 2.33 bits per heavy atom. The predicted octanol–water partition coefficient (Wildman–Crippen LogP) is 2.56. The molecule has 1 fully saturated rings. The Morgan fingerprint density at radius 1 is 1.56 bits per heavy atom. The van der Waals surface area contributed by atoms with Gasteiger partial charge in [0.2, 0.25) is 0 Å². The molecule has 2 heteroatoms. The molecule has 0 aromatic rings. The normalized spacial score (nSPS) is 38.0. The zero-order valence-corrected chi connectivity index (χ0v) is 8.24. The Balaban J connectivity index is 2.32. The number of alkyl halides is 1. The molecule has 0 unspecified atom stereocenters. The first-order chi connectivity index (χ1) is 4.30. The van der Waals surface area contributed by atoms with Gasteiger partial charge in [-0.05, 0) is 0 Å². The molecular weight excluding hydrogens is 198 g/mol. The standard InChI is InChI=1S/C7H13ClSe/c1-6-5-9-4-2-3-7(6)8/h6-7H,2-5H2,1H3/t6-,7+/m1/s1. The van der Waals surface area contributed by atoms with Crippen LogP contribution in [0.25, 0.3) is 0 Å². The average Bonchev–Trinajstić information content (AvgIpc) is 1.99. The molecule has 1 aliphatic heterocycles. The van der Waals surface area contributed by atoms with E-state index in [-0.39, 0.29) is 0 Å². The molecule has 0 aromatic heterocycles. The van der Waals surface area contributed by atoms with Crippen molar-refractivity contribution >= 4 is 26.6 Å². The summed E-state index contributed by atoms with van der Waals surface area (Å²) in [6, 6.07) is 0. The van der Waals surface area contributed by atoms with Gasteiger partial charge in [0.25, 0.3) is 0 Å². The van der Waals surface area contributed by atoms with Crippen molar-refractivity contribution in [2.24, 2.45) is 5.92 Å². The van der Waals surface area contributed by atoms with Crippen LogP contribution in [-0.4, -0.2) is 20.3 Å². The van der Waals surface area contributed by atoms with Crippen molar-refractivity contribution in [2.45, 2.75) is 35.8 Å². The summed E-state index contributed by atoms with van der Waals surface area (Å²) in [6.07, 6.45) is 2.63. The maximum absolute atomic E-state index is 6.08. The molecule has 54 valence electrons. The molecule has 0 saturated carbocycles. The topological polar surface area (TPSA) is 0 Å². The average molecular weight is 212 g/mol. The van der Waals surface area contributed by atoms with E-state index in [1.165, 1.54) is 23.5 Å². The minimum absolute atomic E-state index is 0.481. The fourth-order valence-corrected chi connectivity index (χ4v) is 3.92. The van der Waals surface area contributed by atoms with Crippen molar-refractivity contribution in [1.29, 1.82) is 0 Å². The monoisotopic (exact) mass is 212 g/mol. The van der Waals surface area contributed by atoms with Crippen LogP contribution in [-0.2, 0) is 0 Å². The van der Waals surface area contributed by atoms with Gasteiger partial charge < -0.3 is 0 Å². The van der Waals surface area contributed by atoms with Crippen molar-refractivity contribution in [2.75, 3.05) is 0 Å². The molecule has 1 rings (SSSR count). The second kappa shape index (κ2) is 3.85. The van der Waals surface area contributed by atoms with Gasteiger partial charge >= 0.3 is 68.3 Å². The van der Waals surface area contributed by atoms with E-state index in [9.17, 15) is 0 Å². The third-order valence-corrected chi connectivity index (χ3v) is 5.22. The first-order valence-corrected chi connectivity index (χ1v) is 6.38. The van der Waals surface area contributed by atoms with Gasteiger partial charge in [-0.25, -0.2) is 0 Å². The van der Waals surface area contributed by atoms with E-state index in [2.05, 4.69) is 6.92 Å². The van der Waals surface area contributed by atoms with E-state index < -0.39 is 0 Å². The van der Waals surface area contributed by atoms with Crippen LogP contribution in [0.3, 0.4) is 0 Å². The van der Waals surface area contributed by atoms with Crippen LogP contribution in [0.4, 0.5) is 0 Å². The Hall–Kier alpha value is 0.809. The molecule has 0 aromatic carbocycles. The van der Waals surface area contributed by atoms with Crippen molar-refractivity contribution in [3.63, 3.8) is 0 Å². The maximum atomic E-state index is 6.08. The third-order valence-electron chi connectivity index (χ3n) is 1.77. The van der Waals surface area contributed by atoms with Crippen molar-refractivity contribution in [1.82, 2.24) is 0 Å². The Kier molecular flexibility index (Phi) is 3.39. The zero-order valence-electron chi connectivity index (χ0n) is 5.77. The second-order valence-corrected chi connectivity index (χ2v) is 5.68. The summed E-state index contributed by atoms with van der Waals surface area (Å²) in [7, 11) is 0. The molecule has 1 saturated heterocycles. The van der Waals surface area contributed by atoms with E-state index in [4.69, 9.17) is 11.6 Å². The predicted molar refractivity (Wildman–Crippen MR) is 43.4 cm³/mol. The van der Waals surface area contributed by atoms with Crippen molar-refractivity contribution in [3.8, 4) is 0 Å². The molecule has 9 heavy (non-hydrogen) atoms. The SMILES string of the molecule is C[C@@H]1C[Se]CCC[C@@H]1Cl. The van der Waals surface area contributed by atoms with Crippen LogP contribution in [0.15, 0.2) is 0 Å². The van der Waals surface area contributed by atoms with Crippen LogP contribution >= 0.6 is 11.6 Å². The quantitative estimate of drug-likeness (QED) is 0.427. The van der Waals surface area contributed by atoms with E-state index in [0.717, 1.165) is 20.9 Å². The molecule has 0 bridgehead atoms. The summed E-state index contributed by atoms with van der Waals surface area (Å²) < 4.78 is 0. The van der Waals surface area contributed by atoms with Crippen LogP contribution in [0, 0.1) is 5.92 Å². The van der Waals surface area contributed by atoms with Gasteiger partial charge in [0, 0.05) is 0 Å². The van der Waals surface area contributed by atoms with Crippen LogP contribution < -0.4 is 0 Å².